The Balaban J connectivity index is 1.58. The Hall–Kier alpha value is -3.76. The number of anilines is 1. The molecule has 0 saturated heterocycles. The zero-order valence-electron chi connectivity index (χ0n) is 15.6. The number of benzene rings is 2. The van der Waals surface area contributed by atoms with Gasteiger partial charge in [0.2, 0.25) is 10.0 Å². The summed E-state index contributed by atoms with van der Waals surface area (Å²) in [4.78, 5) is 15.6. The predicted molar refractivity (Wildman–Crippen MR) is 111 cm³/mol. The number of aromatic nitrogens is 3. The first-order valence-corrected chi connectivity index (χ1v) is 10.4. The van der Waals surface area contributed by atoms with Gasteiger partial charge >= 0.3 is 5.97 Å². The van der Waals surface area contributed by atoms with E-state index < -0.39 is 16.0 Å². The molecule has 0 radical (unpaired) electrons. The minimum absolute atomic E-state index is 0.0532. The van der Waals surface area contributed by atoms with Crippen LogP contribution in [0.3, 0.4) is 0 Å². The third-order valence-electron chi connectivity index (χ3n) is 4.49. The number of hydrogen-bond acceptors (Lipinski definition) is 6. The number of nitrogens with one attached hydrogen (secondary N) is 1. The van der Waals surface area contributed by atoms with Crippen molar-refractivity contribution in [2.75, 3.05) is 5.32 Å². The fraction of sp³-hybridized carbons (Fsp3) is 0.0500. The number of hydrogen-bond donors (Lipinski definition) is 3. The number of nitrogens with two attached hydrogens (primary N) is 1. The smallest absolute Gasteiger partial charge is 0.335 e. The fourth-order valence-corrected chi connectivity index (χ4v) is 3.48. The Morgan fingerprint density at radius 2 is 1.87 bits per heavy atom. The number of carboxylic acid groups (broad SMARTS) is 1. The second-order valence-corrected chi connectivity index (χ2v) is 8.12. The van der Waals surface area contributed by atoms with Gasteiger partial charge in [-0.05, 0) is 42.0 Å². The molecule has 0 aliphatic rings. The number of nitrogens with zero attached hydrogens (tertiary/aromatic N) is 3. The van der Waals surface area contributed by atoms with Crippen LogP contribution in [0.2, 0.25) is 0 Å². The molecular formula is C20H17N5O4S. The first-order chi connectivity index (χ1) is 14.3. The Morgan fingerprint density at radius 1 is 1.10 bits per heavy atom. The molecule has 4 N–H and O–H groups in total. The molecule has 10 heteroatoms. The van der Waals surface area contributed by atoms with Crippen molar-refractivity contribution in [1.82, 2.24) is 14.6 Å². The van der Waals surface area contributed by atoms with Crippen molar-refractivity contribution in [3.05, 3.63) is 78.0 Å². The molecule has 152 valence electrons. The number of primary sulfonamides is 1. The number of fused-ring (bicyclic) bond motifs is 1. The van der Waals surface area contributed by atoms with E-state index in [0.717, 1.165) is 5.56 Å². The van der Waals surface area contributed by atoms with Gasteiger partial charge in [-0.2, -0.15) is 0 Å². The quantitative estimate of drug-likeness (QED) is 0.432. The van der Waals surface area contributed by atoms with Gasteiger partial charge in [-0.25, -0.2) is 27.9 Å². The summed E-state index contributed by atoms with van der Waals surface area (Å²) in [5.41, 5.74) is 3.00. The van der Waals surface area contributed by atoms with E-state index in [0.29, 0.717) is 29.3 Å². The van der Waals surface area contributed by atoms with Crippen molar-refractivity contribution < 1.29 is 18.3 Å². The van der Waals surface area contributed by atoms with Crippen LogP contribution in [0.15, 0.2) is 71.8 Å². The van der Waals surface area contributed by atoms with Gasteiger partial charge in [0.15, 0.2) is 5.65 Å². The molecule has 2 heterocycles. The average molecular weight is 423 g/mol. The molecule has 0 aliphatic carbocycles. The molecule has 0 atom stereocenters. The number of sulfonamides is 1. The van der Waals surface area contributed by atoms with Crippen molar-refractivity contribution in [1.29, 1.82) is 0 Å². The summed E-state index contributed by atoms with van der Waals surface area (Å²) in [6.07, 6.45) is 1.64. The molecule has 0 amide bonds. The van der Waals surface area contributed by atoms with Crippen molar-refractivity contribution in [2.45, 2.75) is 11.4 Å². The lowest BCUT2D eigenvalue weighted by atomic mass is 10.1. The van der Waals surface area contributed by atoms with Crippen LogP contribution in [0.25, 0.3) is 16.9 Å². The van der Waals surface area contributed by atoms with Gasteiger partial charge in [-0.1, -0.05) is 24.3 Å². The molecule has 30 heavy (non-hydrogen) atoms. The normalized spacial score (nSPS) is 11.5. The molecule has 2 aromatic heterocycles. The highest BCUT2D eigenvalue weighted by atomic mass is 32.2. The number of carboxylic acids is 1. The molecular weight excluding hydrogens is 406 g/mol. The van der Waals surface area contributed by atoms with Gasteiger partial charge in [-0.3, -0.25) is 0 Å². The second kappa shape index (κ2) is 7.58. The van der Waals surface area contributed by atoms with Gasteiger partial charge in [0.25, 0.3) is 0 Å². The van der Waals surface area contributed by atoms with E-state index >= 15 is 0 Å². The molecule has 0 unspecified atom stereocenters. The Labute approximate surface area is 171 Å². The zero-order valence-corrected chi connectivity index (χ0v) is 16.4. The lowest BCUT2D eigenvalue weighted by Crippen LogP contribution is -2.12. The summed E-state index contributed by atoms with van der Waals surface area (Å²) in [6.45, 7) is 0.419. The highest BCUT2D eigenvalue weighted by molar-refractivity contribution is 7.89. The Kier molecular flexibility index (Phi) is 4.94. The number of carbonyl (C=O) groups is 1. The van der Waals surface area contributed by atoms with Crippen LogP contribution in [0, 0.1) is 0 Å². The Bertz CT molecular complexity index is 1350. The minimum atomic E-state index is -3.72. The third-order valence-corrected chi connectivity index (χ3v) is 5.42. The average Bonchev–Trinajstić information content (AvgIpc) is 3.15. The maximum absolute atomic E-state index is 11.3. The molecule has 4 aromatic rings. The van der Waals surface area contributed by atoms with Gasteiger partial charge in [0, 0.05) is 12.1 Å². The van der Waals surface area contributed by atoms with Crippen LogP contribution >= 0.6 is 0 Å². The monoisotopic (exact) mass is 423 g/mol. The first kappa shape index (κ1) is 19.6. The largest absolute Gasteiger partial charge is 0.478 e. The standard InChI is InChI=1S/C20H17N5O4S/c21-30(28,29)16-6-4-13(5-7-16)11-22-18-8-9-19-23-12-17(25(19)24-18)14-2-1-3-15(10-14)20(26)27/h1-10,12H,11H2,(H,22,24)(H,26,27)(H2,21,28,29). The summed E-state index contributed by atoms with van der Waals surface area (Å²) in [6, 6.07) is 16.4. The van der Waals surface area contributed by atoms with E-state index in [1.807, 2.05) is 0 Å². The fourth-order valence-electron chi connectivity index (χ4n) is 2.97. The van der Waals surface area contributed by atoms with Gasteiger partial charge < -0.3 is 10.4 Å². The van der Waals surface area contributed by atoms with Crippen LogP contribution in [0.5, 0.6) is 0 Å². The lowest BCUT2D eigenvalue weighted by molar-refractivity contribution is 0.0697. The van der Waals surface area contributed by atoms with Gasteiger partial charge in [-0.15, -0.1) is 5.10 Å². The SMILES string of the molecule is NS(=O)(=O)c1ccc(CNc2ccc3ncc(-c4cccc(C(=O)O)c4)n3n2)cc1. The number of aromatic carboxylic acids is 1. The second-order valence-electron chi connectivity index (χ2n) is 6.56. The summed E-state index contributed by atoms with van der Waals surface area (Å²) in [5.74, 6) is -0.430. The molecule has 4 rings (SSSR count). The highest BCUT2D eigenvalue weighted by Gasteiger charge is 2.11. The minimum Gasteiger partial charge on any atom is -0.478 e. The van der Waals surface area contributed by atoms with Crippen molar-refractivity contribution in [3.63, 3.8) is 0 Å². The molecule has 2 aromatic carbocycles. The van der Waals surface area contributed by atoms with E-state index in [2.05, 4.69) is 15.4 Å². The van der Waals surface area contributed by atoms with Crippen LogP contribution in [-0.4, -0.2) is 34.1 Å². The van der Waals surface area contributed by atoms with Crippen molar-refractivity contribution in [3.8, 4) is 11.3 Å². The lowest BCUT2D eigenvalue weighted by Gasteiger charge is -2.08. The van der Waals surface area contributed by atoms with Crippen molar-refractivity contribution >= 4 is 27.5 Å². The van der Waals surface area contributed by atoms with E-state index in [1.54, 1.807) is 53.2 Å². The van der Waals surface area contributed by atoms with Crippen LogP contribution < -0.4 is 10.5 Å². The zero-order chi connectivity index (χ0) is 21.3. The number of rotatable bonds is 6. The van der Waals surface area contributed by atoms with E-state index in [-0.39, 0.29) is 10.5 Å². The van der Waals surface area contributed by atoms with E-state index in [1.165, 1.54) is 18.2 Å². The summed E-state index contributed by atoms with van der Waals surface area (Å²) in [5, 5.41) is 22.0. The summed E-state index contributed by atoms with van der Waals surface area (Å²) in [7, 11) is -3.72. The van der Waals surface area contributed by atoms with Crippen LogP contribution in [0.1, 0.15) is 15.9 Å². The predicted octanol–water partition coefficient (Wildman–Crippen LogP) is 2.35. The number of imidazole rings is 1. The van der Waals surface area contributed by atoms with Crippen LogP contribution in [-0.2, 0) is 16.6 Å². The van der Waals surface area contributed by atoms with Crippen LogP contribution in [0.4, 0.5) is 5.82 Å². The molecule has 9 nitrogen and oxygen atoms in total. The van der Waals surface area contributed by atoms with E-state index in [9.17, 15) is 18.3 Å². The first-order valence-electron chi connectivity index (χ1n) is 8.85. The maximum Gasteiger partial charge on any atom is 0.335 e. The molecule has 0 spiro atoms. The molecule has 0 saturated carbocycles. The highest BCUT2D eigenvalue weighted by Crippen LogP contribution is 2.22. The molecule has 0 fully saturated rings. The van der Waals surface area contributed by atoms with E-state index in [4.69, 9.17) is 5.14 Å². The van der Waals surface area contributed by atoms with Gasteiger partial charge in [0.1, 0.15) is 5.82 Å². The molecule has 0 bridgehead atoms. The third kappa shape index (κ3) is 4.00. The topological polar surface area (TPSA) is 140 Å². The maximum atomic E-state index is 11.3. The summed E-state index contributed by atoms with van der Waals surface area (Å²) < 4.78 is 24.3. The summed E-state index contributed by atoms with van der Waals surface area (Å²) >= 11 is 0. The van der Waals surface area contributed by atoms with Crippen molar-refractivity contribution in [2.24, 2.45) is 5.14 Å². The Morgan fingerprint density at radius 3 is 2.57 bits per heavy atom. The molecule has 0 aliphatic heterocycles. The van der Waals surface area contributed by atoms with Gasteiger partial charge in [0.05, 0.1) is 22.3 Å².